The summed E-state index contributed by atoms with van der Waals surface area (Å²) >= 11 is 0. The van der Waals surface area contributed by atoms with E-state index >= 15 is 0 Å². The number of aromatic nitrogens is 2. The summed E-state index contributed by atoms with van der Waals surface area (Å²) in [4.78, 5) is 8.88. The number of anilines is 3. The molecule has 2 aromatic rings. The first-order valence-corrected chi connectivity index (χ1v) is 9.58. The van der Waals surface area contributed by atoms with Crippen molar-refractivity contribution in [2.24, 2.45) is 0 Å². The normalized spacial score (nSPS) is 16.2. The van der Waals surface area contributed by atoms with E-state index in [9.17, 15) is 26.3 Å². The maximum atomic E-state index is 12.9. The zero-order chi connectivity index (χ0) is 23.8. The maximum absolute atomic E-state index is 12.9. The number of hydrogen-bond donors (Lipinski definition) is 3. The van der Waals surface area contributed by atoms with Crippen molar-refractivity contribution >= 4 is 28.4 Å². The molecule has 0 fully saturated rings. The average Bonchev–Trinajstić information content (AvgIpc) is 2.74. The SMILES string of the molecule is Nc1ccc2nc(NC3=CC=C(C(F)(F)F)CC3)c(NC3=C=C=C(C(F)(F)F)C=C3)nc2c1. The number of alkyl halides is 6. The van der Waals surface area contributed by atoms with Crippen molar-refractivity contribution in [3.63, 3.8) is 0 Å². The summed E-state index contributed by atoms with van der Waals surface area (Å²) in [5.41, 5.74) is 10.5. The minimum Gasteiger partial charge on any atom is -0.399 e. The predicted molar refractivity (Wildman–Crippen MR) is 112 cm³/mol. The number of nitrogens with zero attached hydrogens (tertiary/aromatic N) is 2. The Morgan fingerprint density at radius 1 is 0.818 bits per heavy atom. The summed E-state index contributed by atoms with van der Waals surface area (Å²) in [5.74, 6) is 0.305. The van der Waals surface area contributed by atoms with Crippen LogP contribution >= 0.6 is 0 Å². The quantitative estimate of drug-likeness (QED) is 0.299. The Bertz CT molecular complexity index is 1320. The molecule has 2 aliphatic rings. The second-order valence-electron chi connectivity index (χ2n) is 7.21. The number of nitrogens with two attached hydrogens (primary N) is 1. The van der Waals surface area contributed by atoms with Crippen LogP contribution in [0.2, 0.25) is 0 Å². The van der Waals surface area contributed by atoms with Gasteiger partial charge in [-0.25, -0.2) is 9.97 Å². The number of fused-ring (bicyclic) bond motifs is 1. The number of halogens is 6. The Balaban J connectivity index is 1.72. The lowest BCUT2D eigenvalue weighted by atomic mass is 10.0. The highest BCUT2D eigenvalue weighted by molar-refractivity contribution is 5.83. The van der Waals surface area contributed by atoms with Crippen LogP contribution in [-0.2, 0) is 0 Å². The molecule has 0 bridgehead atoms. The van der Waals surface area contributed by atoms with Crippen molar-refractivity contribution in [1.29, 1.82) is 0 Å². The molecular weight excluding hydrogens is 448 g/mol. The molecule has 0 aliphatic heterocycles. The van der Waals surface area contributed by atoms with Crippen LogP contribution in [0, 0.1) is 0 Å². The van der Waals surface area contributed by atoms with Crippen LogP contribution < -0.4 is 16.4 Å². The lowest BCUT2D eigenvalue weighted by molar-refractivity contribution is -0.0942. The van der Waals surface area contributed by atoms with Gasteiger partial charge in [0, 0.05) is 17.0 Å². The Morgan fingerprint density at radius 2 is 1.55 bits per heavy atom. The number of hydrogen-bond acceptors (Lipinski definition) is 5. The smallest absolute Gasteiger partial charge is 0.399 e. The molecule has 2 aliphatic carbocycles. The van der Waals surface area contributed by atoms with Crippen molar-refractivity contribution in [2.75, 3.05) is 16.4 Å². The van der Waals surface area contributed by atoms with Gasteiger partial charge in [0.05, 0.1) is 16.7 Å². The Kier molecular flexibility index (Phi) is 5.53. The van der Waals surface area contributed by atoms with Gasteiger partial charge in [0.1, 0.15) is 5.57 Å². The second kappa shape index (κ2) is 8.20. The molecule has 170 valence electrons. The van der Waals surface area contributed by atoms with Gasteiger partial charge in [0.2, 0.25) is 0 Å². The number of benzene rings is 1. The second-order valence-corrected chi connectivity index (χ2v) is 7.21. The zero-order valence-electron chi connectivity index (χ0n) is 16.7. The van der Waals surface area contributed by atoms with Crippen molar-refractivity contribution in [2.45, 2.75) is 25.2 Å². The summed E-state index contributed by atoms with van der Waals surface area (Å²) in [6, 6.07) is 4.81. The van der Waals surface area contributed by atoms with E-state index in [0.717, 1.165) is 18.2 Å². The minimum absolute atomic E-state index is 0.0897. The number of nitrogens with one attached hydrogen (secondary N) is 2. The van der Waals surface area contributed by atoms with E-state index in [1.54, 1.807) is 18.2 Å². The van der Waals surface area contributed by atoms with Gasteiger partial charge in [0.25, 0.3) is 0 Å². The van der Waals surface area contributed by atoms with Crippen LogP contribution in [0.3, 0.4) is 0 Å². The predicted octanol–water partition coefficient (Wildman–Crippen LogP) is 5.90. The lowest BCUT2D eigenvalue weighted by Gasteiger charge is -2.19. The molecule has 11 heteroatoms. The molecule has 0 amide bonds. The molecule has 0 saturated carbocycles. The van der Waals surface area contributed by atoms with E-state index in [-0.39, 0.29) is 30.2 Å². The van der Waals surface area contributed by atoms with Crippen LogP contribution in [0.4, 0.5) is 43.7 Å². The molecule has 0 spiro atoms. The topological polar surface area (TPSA) is 75.9 Å². The number of rotatable bonds is 4. The highest BCUT2D eigenvalue weighted by Crippen LogP contribution is 2.34. The van der Waals surface area contributed by atoms with E-state index in [1.165, 1.54) is 6.08 Å². The first-order chi connectivity index (χ1) is 15.5. The van der Waals surface area contributed by atoms with Gasteiger partial charge in [-0.1, -0.05) is 11.8 Å². The molecule has 0 unspecified atom stereocenters. The highest BCUT2D eigenvalue weighted by atomic mass is 19.4. The fourth-order valence-corrected chi connectivity index (χ4v) is 3.13. The molecule has 4 rings (SSSR count). The van der Waals surface area contributed by atoms with Gasteiger partial charge in [-0.3, -0.25) is 0 Å². The molecule has 0 radical (unpaired) electrons. The molecule has 4 N–H and O–H groups in total. The van der Waals surface area contributed by atoms with Gasteiger partial charge in [0.15, 0.2) is 11.6 Å². The van der Waals surface area contributed by atoms with E-state index in [4.69, 9.17) is 5.73 Å². The molecule has 0 saturated heterocycles. The third-order valence-electron chi connectivity index (χ3n) is 4.79. The van der Waals surface area contributed by atoms with Crippen LogP contribution in [-0.4, -0.2) is 22.3 Å². The van der Waals surface area contributed by atoms with E-state index in [0.29, 0.717) is 22.4 Å². The largest absolute Gasteiger partial charge is 0.424 e. The van der Waals surface area contributed by atoms with E-state index in [2.05, 4.69) is 26.3 Å². The van der Waals surface area contributed by atoms with Crippen molar-refractivity contribution in [3.05, 3.63) is 76.5 Å². The molecule has 33 heavy (non-hydrogen) atoms. The molecule has 1 aromatic heterocycles. The summed E-state index contributed by atoms with van der Waals surface area (Å²) in [7, 11) is 0. The highest BCUT2D eigenvalue weighted by Gasteiger charge is 2.34. The maximum Gasteiger partial charge on any atom is 0.424 e. The first-order valence-electron chi connectivity index (χ1n) is 9.58. The fraction of sp³-hybridized carbons (Fsp3) is 0.182. The van der Waals surface area contributed by atoms with Crippen molar-refractivity contribution < 1.29 is 26.3 Å². The van der Waals surface area contributed by atoms with Gasteiger partial charge < -0.3 is 16.4 Å². The number of allylic oxidation sites excluding steroid dienone is 7. The van der Waals surface area contributed by atoms with Crippen LogP contribution in [0.25, 0.3) is 11.0 Å². The molecule has 0 atom stereocenters. The van der Waals surface area contributed by atoms with Gasteiger partial charge in [-0.2, -0.15) is 26.3 Å². The van der Waals surface area contributed by atoms with Crippen LogP contribution in [0.1, 0.15) is 12.8 Å². The minimum atomic E-state index is -4.56. The fourth-order valence-electron chi connectivity index (χ4n) is 3.13. The number of nitrogen functional groups attached to an aromatic ring is 1. The van der Waals surface area contributed by atoms with Crippen LogP contribution in [0.15, 0.2) is 76.5 Å². The van der Waals surface area contributed by atoms with E-state index in [1.807, 2.05) is 5.73 Å². The van der Waals surface area contributed by atoms with E-state index < -0.39 is 23.5 Å². The van der Waals surface area contributed by atoms with Crippen molar-refractivity contribution in [1.82, 2.24) is 9.97 Å². The molecule has 5 nitrogen and oxygen atoms in total. The Morgan fingerprint density at radius 3 is 2.15 bits per heavy atom. The first kappa shape index (κ1) is 22.3. The zero-order valence-corrected chi connectivity index (χ0v) is 16.7. The van der Waals surface area contributed by atoms with Crippen LogP contribution in [0.5, 0.6) is 0 Å². The summed E-state index contributed by atoms with van der Waals surface area (Å²) in [6.07, 6.45) is -4.77. The lowest BCUT2D eigenvalue weighted by Crippen LogP contribution is -2.16. The molecular formula is C22H15F6N5. The third-order valence-corrected chi connectivity index (χ3v) is 4.79. The standard InChI is InChI=1S/C22H15F6N5/c23-21(24,25)12-1-6-15(7-2-12)30-19-20(33-18-11-14(29)5-10-17(18)32-19)31-16-8-3-13(4-9-16)22(26,27)28/h1,3,5-6,8,10-11H,2,7,29H2,(H,30,32)(H,31,33). The third kappa shape index (κ3) is 5.11. The van der Waals surface area contributed by atoms with Crippen molar-refractivity contribution in [3.8, 4) is 0 Å². The Labute approximate surface area is 183 Å². The average molecular weight is 463 g/mol. The Hall–Kier alpha value is -3.94. The van der Waals surface area contributed by atoms with Gasteiger partial charge in [-0.15, -0.1) is 0 Å². The van der Waals surface area contributed by atoms with Gasteiger partial charge >= 0.3 is 12.4 Å². The summed E-state index contributed by atoms with van der Waals surface area (Å²) in [6.45, 7) is 0. The van der Waals surface area contributed by atoms with Gasteiger partial charge in [-0.05, 0) is 55.0 Å². The summed E-state index contributed by atoms with van der Waals surface area (Å²) < 4.78 is 77.0. The monoisotopic (exact) mass is 463 g/mol. The molecule has 1 aromatic carbocycles. The summed E-state index contributed by atoms with van der Waals surface area (Å²) in [5, 5.41) is 5.79. The molecule has 1 heterocycles.